The van der Waals surface area contributed by atoms with Crippen LogP contribution < -0.4 is 16.0 Å². The van der Waals surface area contributed by atoms with E-state index in [1.165, 1.54) is 23.4 Å². The van der Waals surface area contributed by atoms with Gasteiger partial charge in [-0.25, -0.2) is 0 Å². The van der Waals surface area contributed by atoms with Crippen LogP contribution in [-0.2, 0) is 30.7 Å². The van der Waals surface area contributed by atoms with E-state index in [2.05, 4.69) is 107 Å². The summed E-state index contributed by atoms with van der Waals surface area (Å²) in [5, 5.41) is 2.93. The van der Waals surface area contributed by atoms with Crippen molar-refractivity contribution < 1.29 is 19.8 Å². The average molecular weight is 627 g/mol. The Bertz CT molecular complexity index is 1230. The Balaban J connectivity index is 0.000000367. The molecule has 0 fully saturated rings. The summed E-state index contributed by atoms with van der Waals surface area (Å²) in [6.07, 6.45) is 18.5. The summed E-state index contributed by atoms with van der Waals surface area (Å²) in [7, 11) is 2.14. The largest absolute Gasteiger partial charge is 0.356 e. The van der Waals surface area contributed by atoms with Crippen molar-refractivity contribution in [2.45, 2.75) is 89.9 Å². The van der Waals surface area contributed by atoms with Crippen LogP contribution >= 0.6 is 0 Å². The molecular formula is C38H53N3NiO-2. The van der Waals surface area contributed by atoms with Crippen LogP contribution in [0.15, 0.2) is 84.6 Å². The van der Waals surface area contributed by atoms with Gasteiger partial charge in [-0.2, -0.15) is 6.42 Å². The van der Waals surface area contributed by atoms with Crippen molar-refractivity contribution in [3.63, 3.8) is 0 Å². The van der Waals surface area contributed by atoms with Crippen molar-refractivity contribution >= 4 is 16.1 Å². The van der Waals surface area contributed by atoms with E-state index >= 15 is 0 Å². The summed E-state index contributed by atoms with van der Waals surface area (Å²) >= 11 is 5.32. The molecule has 0 unspecified atom stereocenters. The number of nitrogens with one attached hydrogen (secondary N) is 1. The Labute approximate surface area is 269 Å². The molecule has 238 valence electrons. The normalized spacial score (nSPS) is 15.1. The number of carbonyl (C=O) groups excluding carboxylic acids is 1. The van der Waals surface area contributed by atoms with E-state index in [9.17, 15) is 4.79 Å². The maximum atomic E-state index is 11.3. The number of carbonyl (C=O) groups is 1. The second-order valence-electron chi connectivity index (χ2n) is 12.1. The molecule has 0 aromatic heterocycles. The maximum absolute atomic E-state index is 11.3. The first kappa shape index (κ1) is 36.4. The third kappa shape index (κ3) is 11.4. The molecule has 2 aromatic carbocycles. The second kappa shape index (κ2) is 18.8. The molecule has 1 amide bonds. The maximum Gasteiger partial charge on any atom is 0.219 e. The molecule has 1 heterocycles. The fourth-order valence-electron chi connectivity index (χ4n) is 5.16. The Hall–Kier alpha value is -2.75. The van der Waals surface area contributed by atoms with Crippen molar-refractivity contribution in [2.75, 3.05) is 25.0 Å². The molecule has 2 aromatic rings. The van der Waals surface area contributed by atoms with Crippen LogP contribution in [0.3, 0.4) is 0 Å². The summed E-state index contributed by atoms with van der Waals surface area (Å²) in [5.74, 6) is 0.183. The smallest absolute Gasteiger partial charge is 0.219 e. The molecule has 0 atom stereocenters. The van der Waals surface area contributed by atoms with Gasteiger partial charge in [0.1, 0.15) is 0 Å². The number of benzene rings is 2. The molecule has 43 heavy (non-hydrogen) atoms. The fourth-order valence-corrected chi connectivity index (χ4v) is 5.39. The summed E-state index contributed by atoms with van der Waals surface area (Å²) in [6, 6.07) is 20.0. The summed E-state index contributed by atoms with van der Waals surface area (Å²) in [4.78, 5) is 13.5. The van der Waals surface area contributed by atoms with Gasteiger partial charge in [0.25, 0.3) is 0 Å². The van der Waals surface area contributed by atoms with Gasteiger partial charge in [0.2, 0.25) is 5.91 Å². The fraction of sp³-hybridized carbons (Fsp3) is 0.447. The number of likely N-dealkylation sites (N-methyl/N-ethyl adjacent to an activating group) is 1. The first-order valence-corrected chi connectivity index (χ1v) is 16.2. The van der Waals surface area contributed by atoms with Crippen LogP contribution in [0, 0.1) is 13.0 Å². The van der Waals surface area contributed by atoms with E-state index in [1.807, 2.05) is 30.4 Å². The van der Waals surface area contributed by atoms with Crippen LogP contribution in [0.2, 0.25) is 0 Å². The van der Waals surface area contributed by atoms with Crippen LogP contribution in [0.25, 0.3) is 0 Å². The number of unbranched alkanes of at least 4 members (excludes halogenated alkanes) is 5. The molecule has 0 aliphatic carbocycles. The monoisotopic (exact) mass is 625 g/mol. The van der Waals surface area contributed by atoms with Gasteiger partial charge in [-0.15, -0.1) is 0 Å². The van der Waals surface area contributed by atoms with Gasteiger partial charge in [0.05, 0.1) is 0 Å². The Kier molecular flexibility index (Phi) is 15.9. The van der Waals surface area contributed by atoms with Crippen molar-refractivity contribution in [1.82, 2.24) is 5.32 Å². The van der Waals surface area contributed by atoms with Crippen LogP contribution in [0.5, 0.6) is 0 Å². The number of para-hydroxylation sites is 1. The first-order valence-electron chi connectivity index (χ1n) is 15.7. The number of allylic oxidation sites excluding steroid dienone is 6. The van der Waals surface area contributed by atoms with Gasteiger partial charge < -0.3 is 18.0 Å². The van der Waals surface area contributed by atoms with Crippen LogP contribution in [0.4, 0.5) is 5.69 Å². The average Bonchev–Trinajstić information content (AvgIpc) is 3.20. The molecule has 0 radical (unpaired) electrons. The van der Waals surface area contributed by atoms with Gasteiger partial charge >= 0.3 is 177 Å². The molecule has 5 heteroatoms. The standard InChI is InChI=1S/C26H28N.C12H25N2O.Ni/c1-25(2,21-15-9-8-10-16-21)20-14-7-6-11-19-24-26(3,4)22-17-12-13-18-23(22)27(24)5;1-2-3-6-9-12(15)14-11-8-5-4-7-10-13;/h6-15,17-19H,1-5H3;1-11,13H2,(H,14,15);/q2*-1;/b11-6+,14-7+,24-19+;;. The Morgan fingerprint density at radius 2 is 1.74 bits per heavy atom. The zero-order valence-corrected chi connectivity index (χ0v) is 28.0. The van der Waals surface area contributed by atoms with Crippen molar-refractivity contribution in [2.24, 2.45) is 5.73 Å². The molecular weight excluding hydrogens is 573 g/mol. The second-order valence-corrected chi connectivity index (χ2v) is 12.6. The Morgan fingerprint density at radius 3 is 2.42 bits per heavy atom. The first-order chi connectivity index (χ1) is 20.6. The predicted octanol–water partition coefficient (Wildman–Crippen LogP) is 7.92. The Morgan fingerprint density at radius 1 is 1.02 bits per heavy atom. The minimum Gasteiger partial charge on any atom is -0.356 e. The summed E-state index contributed by atoms with van der Waals surface area (Å²) in [5.41, 5.74) is 10.3. The summed E-state index contributed by atoms with van der Waals surface area (Å²) < 4.78 is 0.943. The number of rotatable bonds is 15. The van der Waals surface area contributed by atoms with E-state index in [4.69, 9.17) is 20.8 Å². The minimum atomic E-state index is -0.195. The van der Waals surface area contributed by atoms with Gasteiger partial charge in [-0.1, -0.05) is 19.3 Å². The van der Waals surface area contributed by atoms with Gasteiger partial charge in [0.15, 0.2) is 0 Å². The molecule has 4 nitrogen and oxygen atoms in total. The number of nitrogens with zero attached hydrogens (tertiary/aromatic N) is 1. The van der Waals surface area contributed by atoms with Crippen LogP contribution in [-0.4, -0.2) is 30.5 Å². The van der Waals surface area contributed by atoms with Gasteiger partial charge in [-0.05, 0) is 25.8 Å². The third-order valence-electron chi connectivity index (χ3n) is 7.95. The van der Waals surface area contributed by atoms with Crippen molar-refractivity contribution in [3.05, 3.63) is 109 Å². The van der Waals surface area contributed by atoms with E-state index in [1.54, 1.807) is 0 Å². The number of fused-ring (bicyclic) bond motifs is 1. The van der Waals surface area contributed by atoms with E-state index in [0.29, 0.717) is 6.42 Å². The topological polar surface area (TPSA) is 58.4 Å². The van der Waals surface area contributed by atoms with E-state index < -0.39 is 0 Å². The molecule has 1 aliphatic rings. The van der Waals surface area contributed by atoms with Gasteiger partial charge in [-0.3, -0.25) is 4.79 Å². The molecule has 0 bridgehead atoms. The predicted molar refractivity (Wildman–Crippen MR) is 182 cm³/mol. The molecule has 3 N–H and O–H groups in total. The zero-order valence-electron chi connectivity index (χ0n) is 27.0. The SMILES string of the molecule is CN1/C(=C/C=C/C=C/[C](=[Ni])C(C)(C)c2[c-]cccc2)C(C)(C)c2ccccc21.[CH2-]CCCCC(=O)NCCCCCCN. The van der Waals surface area contributed by atoms with E-state index in [-0.39, 0.29) is 16.7 Å². The molecule has 3 rings (SSSR count). The summed E-state index contributed by atoms with van der Waals surface area (Å²) in [6.45, 7) is 14.2. The number of hydrogen-bond donors (Lipinski definition) is 2. The minimum absolute atomic E-state index is 0.00189. The number of hydrogen-bond acceptors (Lipinski definition) is 3. The third-order valence-corrected chi connectivity index (χ3v) is 8.73. The molecule has 0 saturated carbocycles. The van der Waals surface area contributed by atoms with E-state index in [0.717, 1.165) is 61.7 Å². The number of anilines is 1. The van der Waals surface area contributed by atoms with Crippen molar-refractivity contribution in [3.8, 4) is 0 Å². The molecule has 0 saturated heterocycles. The zero-order chi connectivity index (χ0) is 31.7. The molecule has 0 spiro atoms. The van der Waals surface area contributed by atoms with Crippen LogP contribution in [0.1, 0.15) is 90.2 Å². The number of nitrogens with two attached hydrogens (primary N) is 1. The van der Waals surface area contributed by atoms with Gasteiger partial charge in [0, 0.05) is 13.0 Å². The number of amides is 1. The molecule has 1 aliphatic heterocycles. The van der Waals surface area contributed by atoms with Crippen molar-refractivity contribution in [1.29, 1.82) is 0 Å². The quantitative estimate of drug-likeness (QED) is 0.0914.